The number of phenols is 1. The monoisotopic (exact) mass is 222 g/mol. The van der Waals surface area contributed by atoms with Gasteiger partial charge in [0.05, 0.1) is 11.7 Å². The Kier molecular flexibility index (Phi) is 4.07. The molecule has 0 saturated carbocycles. The van der Waals surface area contributed by atoms with E-state index in [1.165, 1.54) is 6.07 Å². The second-order valence-corrected chi connectivity index (χ2v) is 4.47. The number of carbonyl (C=O) groups excluding carboxylic acids is 1. The van der Waals surface area contributed by atoms with Crippen molar-refractivity contribution in [1.82, 2.24) is 0 Å². The van der Waals surface area contributed by atoms with Gasteiger partial charge in [0.25, 0.3) is 0 Å². The number of benzene rings is 1. The van der Waals surface area contributed by atoms with Crippen LogP contribution in [-0.2, 0) is 0 Å². The Balaban J connectivity index is 3.02. The molecule has 0 aliphatic heterocycles. The molecule has 1 aromatic carbocycles. The Hall–Kier alpha value is -1.35. The molecular weight excluding hydrogens is 204 g/mol. The van der Waals surface area contributed by atoms with E-state index >= 15 is 0 Å². The zero-order valence-corrected chi connectivity index (χ0v) is 9.90. The van der Waals surface area contributed by atoms with Gasteiger partial charge < -0.3 is 10.2 Å². The van der Waals surface area contributed by atoms with E-state index in [1.807, 2.05) is 13.8 Å². The van der Waals surface area contributed by atoms with Crippen LogP contribution in [0.1, 0.15) is 49.2 Å². The predicted molar refractivity (Wildman–Crippen MR) is 62.5 cm³/mol. The highest BCUT2D eigenvalue weighted by molar-refractivity contribution is 5.98. The SMILES string of the molecule is CC(C)CC(=O)c1cc([C@H](C)O)ccc1O. The number of aromatic hydroxyl groups is 1. The summed E-state index contributed by atoms with van der Waals surface area (Å²) in [4.78, 5) is 11.8. The highest BCUT2D eigenvalue weighted by atomic mass is 16.3. The maximum absolute atomic E-state index is 11.8. The van der Waals surface area contributed by atoms with Crippen LogP contribution >= 0.6 is 0 Å². The highest BCUT2D eigenvalue weighted by Gasteiger charge is 2.14. The molecule has 0 aliphatic rings. The quantitative estimate of drug-likeness (QED) is 0.770. The largest absolute Gasteiger partial charge is 0.507 e. The van der Waals surface area contributed by atoms with E-state index in [0.29, 0.717) is 17.5 Å². The molecule has 0 amide bonds. The van der Waals surface area contributed by atoms with Gasteiger partial charge in [-0.05, 0) is 30.5 Å². The molecule has 0 unspecified atom stereocenters. The lowest BCUT2D eigenvalue weighted by atomic mass is 9.98. The summed E-state index contributed by atoms with van der Waals surface area (Å²) in [6.07, 6.45) is -0.234. The third-order valence-electron chi connectivity index (χ3n) is 2.40. The topological polar surface area (TPSA) is 57.5 Å². The van der Waals surface area contributed by atoms with Crippen molar-refractivity contribution in [3.8, 4) is 5.75 Å². The van der Waals surface area contributed by atoms with E-state index in [4.69, 9.17) is 0 Å². The molecule has 0 aliphatic carbocycles. The fourth-order valence-corrected chi connectivity index (χ4v) is 1.52. The van der Waals surface area contributed by atoms with Gasteiger partial charge in [-0.2, -0.15) is 0 Å². The number of ketones is 1. The minimum Gasteiger partial charge on any atom is -0.507 e. The summed E-state index contributed by atoms with van der Waals surface area (Å²) in [5.41, 5.74) is 0.942. The van der Waals surface area contributed by atoms with Crippen LogP contribution in [0, 0.1) is 5.92 Å². The van der Waals surface area contributed by atoms with Crippen LogP contribution in [0.5, 0.6) is 5.75 Å². The third kappa shape index (κ3) is 3.07. The molecule has 0 fully saturated rings. The smallest absolute Gasteiger partial charge is 0.166 e. The van der Waals surface area contributed by atoms with Crippen molar-refractivity contribution in [2.45, 2.75) is 33.3 Å². The van der Waals surface area contributed by atoms with Gasteiger partial charge in [0.2, 0.25) is 0 Å². The van der Waals surface area contributed by atoms with E-state index in [-0.39, 0.29) is 17.5 Å². The molecule has 3 heteroatoms. The first-order valence-corrected chi connectivity index (χ1v) is 5.46. The van der Waals surface area contributed by atoms with Gasteiger partial charge in [0.1, 0.15) is 5.75 Å². The van der Waals surface area contributed by atoms with Crippen LogP contribution in [0.4, 0.5) is 0 Å². The van der Waals surface area contributed by atoms with Gasteiger partial charge in [-0.25, -0.2) is 0 Å². The molecule has 0 aromatic heterocycles. The lowest BCUT2D eigenvalue weighted by molar-refractivity contribution is 0.0965. The molecule has 16 heavy (non-hydrogen) atoms. The average Bonchev–Trinajstić information content (AvgIpc) is 2.16. The molecule has 2 N–H and O–H groups in total. The van der Waals surface area contributed by atoms with Gasteiger partial charge in [0, 0.05) is 6.42 Å². The summed E-state index contributed by atoms with van der Waals surface area (Å²) >= 11 is 0. The Bertz CT molecular complexity index is 381. The first-order valence-electron chi connectivity index (χ1n) is 5.46. The number of hydrogen-bond acceptors (Lipinski definition) is 3. The van der Waals surface area contributed by atoms with Crippen molar-refractivity contribution in [1.29, 1.82) is 0 Å². The maximum atomic E-state index is 11.8. The summed E-state index contributed by atoms with van der Waals surface area (Å²) in [5, 5.41) is 19.0. The zero-order chi connectivity index (χ0) is 12.3. The summed E-state index contributed by atoms with van der Waals surface area (Å²) in [7, 11) is 0. The lowest BCUT2D eigenvalue weighted by Gasteiger charge is -2.10. The van der Waals surface area contributed by atoms with Crippen LogP contribution in [0.15, 0.2) is 18.2 Å². The van der Waals surface area contributed by atoms with Crippen molar-refractivity contribution >= 4 is 5.78 Å². The van der Waals surface area contributed by atoms with Crippen molar-refractivity contribution in [2.75, 3.05) is 0 Å². The molecule has 0 spiro atoms. The molecule has 0 radical (unpaired) electrons. The van der Waals surface area contributed by atoms with Crippen molar-refractivity contribution in [3.05, 3.63) is 29.3 Å². The number of rotatable bonds is 4. The van der Waals surface area contributed by atoms with E-state index in [1.54, 1.807) is 19.1 Å². The third-order valence-corrected chi connectivity index (χ3v) is 2.40. The number of phenolic OH excluding ortho intramolecular Hbond substituents is 1. The summed E-state index contributed by atoms with van der Waals surface area (Å²) < 4.78 is 0. The number of aliphatic hydroxyl groups is 1. The second-order valence-electron chi connectivity index (χ2n) is 4.47. The Morgan fingerprint density at radius 2 is 1.94 bits per heavy atom. The van der Waals surface area contributed by atoms with Crippen molar-refractivity contribution in [2.24, 2.45) is 5.92 Å². The van der Waals surface area contributed by atoms with Crippen LogP contribution in [0.25, 0.3) is 0 Å². The molecular formula is C13H18O3. The number of hydrogen-bond donors (Lipinski definition) is 2. The first-order chi connectivity index (χ1) is 7.41. The van der Waals surface area contributed by atoms with Gasteiger partial charge in [0.15, 0.2) is 5.78 Å². The summed E-state index contributed by atoms with van der Waals surface area (Å²) in [6, 6.07) is 4.63. The minimum absolute atomic E-state index is 0.0185. The van der Waals surface area contributed by atoms with Gasteiger partial charge in [-0.15, -0.1) is 0 Å². The van der Waals surface area contributed by atoms with Crippen LogP contribution in [0.3, 0.4) is 0 Å². The molecule has 1 aromatic rings. The van der Waals surface area contributed by atoms with E-state index in [9.17, 15) is 15.0 Å². The lowest BCUT2D eigenvalue weighted by Crippen LogP contribution is -2.05. The van der Waals surface area contributed by atoms with Crippen LogP contribution in [0.2, 0.25) is 0 Å². The Morgan fingerprint density at radius 1 is 1.31 bits per heavy atom. The molecule has 3 nitrogen and oxygen atoms in total. The number of aliphatic hydroxyl groups excluding tert-OH is 1. The fourth-order valence-electron chi connectivity index (χ4n) is 1.52. The standard InChI is InChI=1S/C13H18O3/c1-8(2)6-13(16)11-7-10(9(3)14)4-5-12(11)15/h4-5,7-9,14-15H,6H2,1-3H3/t9-/m0/s1. The van der Waals surface area contributed by atoms with E-state index in [2.05, 4.69) is 0 Å². The molecule has 1 rings (SSSR count). The van der Waals surface area contributed by atoms with Crippen molar-refractivity contribution in [3.63, 3.8) is 0 Å². The summed E-state index contributed by atoms with van der Waals surface area (Å²) in [5.74, 6) is 0.146. The first kappa shape index (κ1) is 12.7. The molecule has 0 bridgehead atoms. The molecule has 1 atom stereocenters. The van der Waals surface area contributed by atoms with E-state index in [0.717, 1.165) is 0 Å². The Morgan fingerprint density at radius 3 is 2.44 bits per heavy atom. The fraction of sp³-hybridized carbons (Fsp3) is 0.462. The Labute approximate surface area is 95.7 Å². The molecule has 88 valence electrons. The molecule has 0 saturated heterocycles. The molecule has 0 heterocycles. The second kappa shape index (κ2) is 5.12. The van der Waals surface area contributed by atoms with Crippen LogP contribution < -0.4 is 0 Å². The van der Waals surface area contributed by atoms with Gasteiger partial charge in [-0.1, -0.05) is 19.9 Å². The number of Topliss-reactive ketones (excluding diaryl/α,β-unsaturated/α-hetero) is 1. The summed E-state index contributed by atoms with van der Waals surface area (Å²) in [6.45, 7) is 5.53. The highest BCUT2D eigenvalue weighted by Crippen LogP contribution is 2.24. The number of carbonyl (C=O) groups is 1. The predicted octanol–water partition coefficient (Wildman–Crippen LogP) is 2.67. The van der Waals surface area contributed by atoms with Gasteiger partial charge >= 0.3 is 0 Å². The van der Waals surface area contributed by atoms with E-state index < -0.39 is 6.10 Å². The van der Waals surface area contributed by atoms with Crippen LogP contribution in [-0.4, -0.2) is 16.0 Å². The maximum Gasteiger partial charge on any atom is 0.166 e. The normalized spacial score (nSPS) is 12.8. The average molecular weight is 222 g/mol. The minimum atomic E-state index is -0.633. The van der Waals surface area contributed by atoms with Gasteiger partial charge in [-0.3, -0.25) is 4.79 Å². The zero-order valence-electron chi connectivity index (χ0n) is 9.90. The van der Waals surface area contributed by atoms with Crippen molar-refractivity contribution < 1.29 is 15.0 Å².